The third-order valence-electron chi connectivity index (χ3n) is 3.77. The number of hydrogen-bond donors (Lipinski definition) is 0. The molecule has 2 rings (SSSR count). The topological polar surface area (TPSA) is 26.3 Å². The Kier molecular flexibility index (Phi) is 4.46. The van der Waals surface area contributed by atoms with Crippen LogP contribution >= 0.6 is 0 Å². The SMILES string of the molecule is Cc1ccc(C(=O)C(C)Oc2cc(C)cc(C)c2C)cc1. The fourth-order valence-corrected chi connectivity index (χ4v) is 2.32. The Morgan fingerprint density at radius 3 is 2.19 bits per heavy atom. The third-order valence-corrected chi connectivity index (χ3v) is 3.77. The highest BCUT2D eigenvalue weighted by Crippen LogP contribution is 2.25. The van der Waals surface area contributed by atoms with Crippen LogP contribution in [-0.4, -0.2) is 11.9 Å². The Morgan fingerprint density at radius 1 is 0.952 bits per heavy atom. The number of ketones is 1. The highest BCUT2D eigenvalue weighted by molar-refractivity contribution is 5.99. The van der Waals surface area contributed by atoms with Crippen molar-refractivity contribution in [1.82, 2.24) is 0 Å². The largest absolute Gasteiger partial charge is 0.482 e. The Morgan fingerprint density at radius 2 is 1.57 bits per heavy atom. The van der Waals surface area contributed by atoms with E-state index in [4.69, 9.17) is 4.74 Å². The molecule has 0 amide bonds. The number of benzene rings is 2. The van der Waals surface area contributed by atoms with E-state index in [1.54, 1.807) is 6.92 Å². The summed E-state index contributed by atoms with van der Waals surface area (Å²) in [6.07, 6.45) is -0.493. The average molecular weight is 282 g/mol. The number of rotatable bonds is 4. The zero-order chi connectivity index (χ0) is 15.6. The normalized spacial score (nSPS) is 12.0. The molecule has 110 valence electrons. The van der Waals surface area contributed by atoms with Crippen LogP contribution in [0.15, 0.2) is 36.4 Å². The molecule has 2 aromatic rings. The predicted octanol–water partition coefficient (Wildman–Crippen LogP) is 4.57. The van der Waals surface area contributed by atoms with Gasteiger partial charge in [-0.1, -0.05) is 35.9 Å². The fourth-order valence-electron chi connectivity index (χ4n) is 2.32. The van der Waals surface area contributed by atoms with Gasteiger partial charge in [0, 0.05) is 5.56 Å². The first-order chi connectivity index (χ1) is 9.88. The maximum absolute atomic E-state index is 12.4. The first-order valence-corrected chi connectivity index (χ1v) is 7.24. The summed E-state index contributed by atoms with van der Waals surface area (Å²) in [4.78, 5) is 12.4. The Balaban J connectivity index is 2.20. The first-order valence-electron chi connectivity index (χ1n) is 7.24. The zero-order valence-corrected chi connectivity index (χ0v) is 13.4. The van der Waals surface area contributed by atoms with Crippen LogP contribution in [0.3, 0.4) is 0 Å². The predicted molar refractivity (Wildman–Crippen MR) is 86.3 cm³/mol. The molecule has 1 unspecified atom stereocenters. The quantitative estimate of drug-likeness (QED) is 0.768. The highest BCUT2D eigenvalue weighted by atomic mass is 16.5. The van der Waals surface area contributed by atoms with E-state index in [1.165, 1.54) is 5.56 Å². The number of aryl methyl sites for hydroxylation is 3. The second-order valence-corrected chi connectivity index (χ2v) is 5.70. The number of hydrogen-bond acceptors (Lipinski definition) is 2. The molecule has 0 bridgehead atoms. The highest BCUT2D eigenvalue weighted by Gasteiger charge is 2.18. The van der Waals surface area contributed by atoms with E-state index in [1.807, 2.05) is 51.1 Å². The summed E-state index contributed by atoms with van der Waals surface area (Å²) in [5.41, 5.74) is 5.24. The molecule has 21 heavy (non-hydrogen) atoms. The van der Waals surface area contributed by atoms with Crippen molar-refractivity contribution in [2.45, 2.75) is 40.7 Å². The molecule has 2 heteroatoms. The zero-order valence-electron chi connectivity index (χ0n) is 13.4. The number of Topliss-reactive ketones (excluding diaryl/α,β-unsaturated/α-hetero) is 1. The van der Waals surface area contributed by atoms with E-state index in [2.05, 4.69) is 13.0 Å². The van der Waals surface area contributed by atoms with Gasteiger partial charge in [-0.3, -0.25) is 4.79 Å². The standard InChI is InChI=1S/C19H22O2/c1-12-6-8-17(9-7-12)19(20)16(5)21-18-11-13(2)10-14(3)15(18)4/h6-11,16H,1-5H3. The van der Waals surface area contributed by atoms with Gasteiger partial charge in [0.15, 0.2) is 6.10 Å². The number of carbonyl (C=O) groups is 1. The van der Waals surface area contributed by atoms with Gasteiger partial charge in [0.2, 0.25) is 5.78 Å². The molecule has 0 saturated heterocycles. The van der Waals surface area contributed by atoms with E-state index >= 15 is 0 Å². The molecule has 2 aromatic carbocycles. The van der Waals surface area contributed by atoms with Crippen LogP contribution in [0.1, 0.15) is 39.5 Å². The van der Waals surface area contributed by atoms with Gasteiger partial charge in [-0.25, -0.2) is 0 Å². The van der Waals surface area contributed by atoms with Gasteiger partial charge in [0.05, 0.1) is 0 Å². The summed E-state index contributed by atoms with van der Waals surface area (Å²) in [5.74, 6) is 0.800. The van der Waals surface area contributed by atoms with Crippen molar-refractivity contribution in [2.24, 2.45) is 0 Å². The van der Waals surface area contributed by atoms with Crippen molar-refractivity contribution in [3.63, 3.8) is 0 Å². The molecule has 0 aliphatic rings. The minimum atomic E-state index is -0.493. The average Bonchev–Trinajstić information content (AvgIpc) is 2.44. The molecule has 0 saturated carbocycles. The molecular formula is C19H22O2. The lowest BCUT2D eigenvalue weighted by atomic mass is 10.0. The van der Waals surface area contributed by atoms with E-state index in [0.717, 1.165) is 22.4 Å². The minimum absolute atomic E-state index is 0.00793. The van der Waals surface area contributed by atoms with Crippen LogP contribution in [0.25, 0.3) is 0 Å². The molecule has 0 N–H and O–H groups in total. The van der Waals surface area contributed by atoms with E-state index < -0.39 is 6.10 Å². The number of carbonyl (C=O) groups excluding carboxylic acids is 1. The molecule has 1 atom stereocenters. The minimum Gasteiger partial charge on any atom is -0.482 e. The number of ether oxygens (including phenoxy) is 1. The smallest absolute Gasteiger partial charge is 0.202 e. The van der Waals surface area contributed by atoms with Gasteiger partial charge in [0.1, 0.15) is 5.75 Å². The Bertz CT molecular complexity index is 654. The summed E-state index contributed by atoms with van der Waals surface area (Å²) in [6.45, 7) is 9.92. The molecule has 0 aromatic heterocycles. The Hall–Kier alpha value is -2.09. The lowest BCUT2D eigenvalue weighted by molar-refractivity contribution is 0.0817. The lowest BCUT2D eigenvalue weighted by Gasteiger charge is -2.17. The third kappa shape index (κ3) is 3.52. The first kappa shape index (κ1) is 15.3. The van der Waals surface area contributed by atoms with Gasteiger partial charge in [-0.2, -0.15) is 0 Å². The molecule has 0 heterocycles. The van der Waals surface area contributed by atoms with Gasteiger partial charge < -0.3 is 4.74 Å². The van der Waals surface area contributed by atoms with E-state index in [-0.39, 0.29) is 5.78 Å². The van der Waals surface area contributed by atoms with Crippen LogP contribution in [0, 0.1) is 27.7 Å². The maximum Gasteiger partial charge on any atom is 0.202 e. The van der Waals surface area contributed by atoms with Crippen molar-refractivity contribution >= 4 is 5.78 Å². The molecule has 0 radical (unpaired) electrons. The van der Waals surface area contributed by atoms with Crippen LogP contribution < -0.4 is 4.74 Å². The monoisotopic (exact) mass is 282 g/mol. The molecule has 0 aliphatic heterocycles. The molecular weight excluding hydrogens is 260 g/mol. The maximum atomic E-state index is 12.4. The van der Waals surface area contributed by atoms with Crippen molar-refractivity contribution in [3.8, 4) is 5.75 Å². The Labute approximate surface area is 126 Å². The van der Waals surface area contributed by atoms with Gasteiger partial charge >= 0.3 is 0 Å². The molecule has 0 aliphatic carbocycles. The summed E-state index contributed by atoms with van der Waals surface area (Å²) < 4.78 is 5.90. The van der Waals surface area contributed by atoms with E-state index in [9.17, 15) is 4.79 Å². The van der Waals surface area contributed by atoms with Crippen molar-refractivity contribution < 1.29 is 9.53 Å². The summed E-state index contributed by atoms with van der Waals surface area (Å²) in [7, 11) is 0. The van der Waals surface area contributed by atoms with E-state index in [0.29, 0.717) is 5.56 Å². The molecule has 2 nitrogen and oxygen atoms in total. The second-order valence-electron chi connectivity index (χ2n) is 5.70. The molecule has 0 spiro atoms. The van der Waals surface area contributed by atoms with Gasteiger partial charge in [-0.15, -0.1) is 0 Å². The van der Waals surface area contributed by atoms with Crippen molar-refractivity contribution in [1.29, 1.82) is 0 Å². The lowest BCUT2D eigenvalue weighted by Crippen LogP contribution is -2.24. The van der Waals surface area contributed by atoms with Gasteiger partial charge in [0.25, 0.3) is 0 Å². The van der Waals surface area contributed by atoms with Crippen LogP contribution in [0.4, 0.5) is 0 Å². The fraction of sp³-hybridized carbons (Fsp3) is 0.316. The van der Waals surface area contributed by atoms with Crippen molar-refractivity contribution in [3.05, 3.63) is 64.2 Å². The summed E-state index contributed by atoms with van der Waals surface area (Å²) in [5, 5.41) is 0. The van der Waals surface area contributed by atoms with Crippen molar-refractivity contribution in [2.75, 3.05) is 0 Å². The van der Waals surface area contributed by atoms with Gasteiger partial charge in [-0.05, 0) is 57.4 Å². The van der Waals surface area contributed by atoms with Crippen LogP contribution in [-0.2, 0) is 0 Å². The molecule has 0 fully saturated rings. The van der Waals surface area contributed by atoms with Crippen LogP contribution in [0.2, 0.25) is 0 Å². The summed E-state index contributed by atoms with van der Waals surface area (Å²) >= 11 is 0. The van der Waals surface area contributed by atoms with Crippen LogP contribution in [0.5, 0.6) is 5.75 Å². The second kappa shape index (κ2) is 6.13. The summed E-state index contributed by atoms with van der Waals surface area (Å²) in [6, 6.07) is 11.7.